The first-order valence-electron chi connectivity index (χ1n) is 38.7. The molecule has 6 atom stereocenters. The molecular weight excluding hydrogens is 1230 g/mol. The van der Waals surface area contributed by atoms with Gasteiger partial charge < -0.3 is 33.8 Å². The number of aliphatic hydroxyl groups is 1. The zero-order chi connectivity index (χ0) is 69.6. The summed E-state index contributed by atoms with van der Waals surface area (Å²) in [7, 11) is -9.91. The number of carbonyl (C=O) groups is 4. The maximum absolute atomic E-state index is 13.1. The minimum atomic E-state index is -4.96. The molecule has 0 bridgehead atoms. The predicted molar refractivity (Wildman–Crippen MR) is 381 cm³/mol. The Morgan fingerprint density at radius 2 is 0.511 bits per heavy atom. The lowest BCUT2D eigenvalue weighted by Gasteiger charge is -2.21. The van der Waals surface area contributed by atoms with Crippen LogP contribution in [0.25, 0.3) is 0 Å². The highest BCUT2D eigenvalue weighted by Crippen LogP contribution is 2.45. The fraction of sp³-hybridized carbons (Fsp3) is 0.947. The molecule has 558 valence electrons. The van der Waals surface area contributed by atoms with E-state index < -0.39 is 97.5 Å². The molecule has 94 heavy (non-hydrogen) atoms. The van der Waals surface area contributed by atoms with Crippen LogP contribution in [-0.4, -0.2) is 96.7 Å². The van der Waals surface area contributed by atoms with Gasteiger partial charge in [-0.05, 0) is 49.4 Å². The Balaban J connectivity index is 5.16. The van der Waals surface area contributed by atoms with Gasteiger partial charge in [0.15, 0.2) is 12.2 Å². The van der Waals surface area contributed by atoms with Crippen LogP contribution >= 0.6 is 15.6 Å². The van der Waals surface area contributed by atoms with Crippen LogP contribution in [0.2, 0.25) is 0 Å². The van der Waals surface area contributed by atoms with Crippen molar-refractivity contribution in [3.05, 3.63) is 0 Å². The molecule has 0 aromatic carbocycles. The average Bonchev–Trinajstić information content (AvgIpc) is 1.32. The van der Waals surface area contributed by atoms with Crippen molar-refractivity contribution in [2.24, 2.45) is 23.7 Å². The first-order chi connectivity index (χ1) is 45.1. The maximum atomic E-state index is 13.1. The fourth-order valence-electron chi connectivity index (χ4n) is 11.3. The van der Waals surface area contributed by atoms with Crippen LogP contribution in [0.5, 0.6) is 0 Å². The second-order valence-electron chi connectivity index (χ2n) is 28.7. The summed E-state index contributed by atoms with van der Waals surface area (Å²) in [4.78, 5) is 72.6. The lowest BCUT2D eigenvalue weighted by molar-refractivity contribution is -0.161. The van der Waals surface area contributed by atoms with Gasteiger partial charge in [-0.2, -0.15) is 0 Å². The van der Waals surface area contributed by atoms with E-state index in [-0.39, 0.29) is 25.7 Å². The lowest BCUT2D eigenvalue weighted by Crippen LogP contribution is -2.30. The van der Waals surface area contributed by atoms with E-state index in [2.05, 4.69) is 55.4 Å². The topological polar surface area (TPSA) is 237 Å². The van der Waals surface area contributed by atoms with Crippen molar-refractivity contribution in [2.75, 3.05) is 39.6 Å². The quantitative estimate of drug-likeness (QED) is 0.0222. The van der Waals surface area contributed by atoms with Gasteiger partial charge >= 0.3 is 39.5 Å². The molecule has 0 saturated carbocycles. The molecule has 0 heterocycles. The predicted octanol–water partition coefficient (Wildman–Crippen LogP) is 21.7. The Morgan fingerprint density at radius 1 is 0.298 bits per heavy atom. The molecule has 0 spiro atoms. The molecule has 0 aliphatic carbocycles. The first kappa shape index (κ1) is 92.1. The Kier molecular flexibility index (Phi) is 63.1. The van der Waals surface area contributed by atoms with Gasteiger partial charge in [0.1, 0.15) is 19.3 Å². The minimum absolute atomic E-state index is 0.104. The molecule has 0 saturated heterocycles. The van der Waals surface area contributed by atoms with Crippen molar-refractivity contribution in [1.29, 1.82) is 0 Å². The number of aliphatic hydroxyl groups excluding tert-OH is 1. The second-order valence-corrected chi connectivity index (χ2v) is 31.6. The third kappa shape index (κ3) is 67.3. The number of phosphoric acid groups is 2. The molecule has 3 unspecified atom stereocenters. The number of carbonyl (C=O) groups excluding carboxylic acids is 4. The minimum Gasteiger partial charge on any atom is -0.462 e. The van der Waals surface area contributed by atoms with Crippen LogP contribution in [0.1, 0.15) is 376 Å². The van der Waals surface area contributed by atoms with E-state index in [0.29, 0.717) is 31.6 Å². The van der Waals surface area contributed by atoms with Crippen molar-refractivity contribution in [2.45, 2.75) is 395 Å². The van der Waals surface area contributed by atoms with E-state index in [9.17, 15) is 43.2 Å². The van der Waals surface area contributed by atoms with E-state index in [1.807, 2.05) is 0 Å². The molecule has 3 N–H and O–H groups in total. The summed E-state index contributed by atoms with van der Waals surface area (Å²) in [5.41, 5.74) is 0. The Morgan fingerprint density at radius 3 is 0.755 bits per heavy atom. The van der Waals surface area contributed by atoms with Gasteiger partial charge in [-0.1, -0.05) is 325 Å². The summed E-state index contributed by atoms with van der Waals surface area (Å²) in [6.45, 7) is 14.1. The van der Waals surface area contributed by atoms with Gasteiger partial charge in [-0.15, -0.1) is 0 Å². The SMILES string of the molecule is CCC(C)CCCCCCCCCCCCCCCCCCCCC(=O)O[C@H](COC(=O)CCCCCCCCCCC(C)C)COP(=O)(O)OC[C@@H](O)COP(=O)(O)OC[C@@H](COC(=O)CCCCCCCCC(C)C)OC(=O)CCCCCCCCCCCC(C)C. The maximum Gasteiger partial charge on any atom is 0.472 e. The van der Waals surface area contributed by atoms with E-state index in [1.54, 1.807) is 0 Å². The normalized spacial score (nSPS) is 14.4. The first-order valence-corrected chi connectivity index (χ1v) is 41.7. The number of hydrogen-bond acceptors (Lipinski definition) is 15. The average molecular weight is 1380 g/mol. The monoisotopic (exact) mass is 1380 g/mol. The number of esters is 4. The van der Waals surface area contributed by atoms with Crippen LogP contribution in [0.3, 0.4) is 0 Å². The Hall–Kier alpha value is -1.94. The molecule has 17 nitrogen and oxygen atoms in total. The van der Waals surface area contributed by atoms with E-state index in [4.69, 9.17) is 37.0 Å². The van der Waals surface area contributed by atoms with E-state index in [0.717, 1.165) is 114 Å². The molecule has 0 rings (SSSR count). The largest absolute Gasteiger partial charge is 0.472 e. The number of ether oxygens (including phenoxy) is 4. The zero-order valence-electron chi connectivity index (χ0n) is 61.6. The highest BCUT2D eigenvalue weighted by Gasteiger charge is 2.30. The van der Waals surface area contributed by atoms with Gasteiger partial charge in [0, 0.05) is 25.7 Å². The van der Waals surface area contributed by atoms with Crippen LogP contribution in [0, 0.1) is 23.7 Å². The molecule has 0 fully saturated rings. The Bertz CT molecular complexity index is 1850. The number of rotatable bonds is 72. The number of hydrogen-bond donors (Lipinski definition) is 3. The highest BCUT2D eigenvalue weighted by atomic mass is 31.2. The molecule has 0 aromatic rings. The third-order valence-corrected chi connectivity index (χ3v) is 19.6. The van der Waals surface area contributed by atoms with Crippen molar-refractivity contribution >= 4 is 39.5 Å². The third-order valence-electron chi connectivity index (χ3n) is 17.7. The molecule has 19 heteroatoms. The number of phosphoric ester groups is 2. The summed E-state index contributed by atoms with van der Waals surface area (Å²) in [5, 5.41) is 10.6. The van der Waals surface area contributed by atoms with E-state index >= 15 is 0 Å². The van der Waals surface area contributed by atoms with Crippen molar-refractivity contribution in [3.63, 3.8) is 0 Å². The van der Waals surface area contributed by atoms with Crippen LogP contribution < -0.4 is 0 Å². The molecule has 0 amide bonds. The molecule has 0 aliphatic rings. The van der Waals surface area contributed by atoms with Gasteiger partial charge in [0.25, 0.3) is 0 Å². The fourth-order valence-corrected chi connectivity index (χ4v) is 12.9. The summed E-state index contributed by atoms with van der Waals surface area (Å²) in [5.74, 6) is 0.886. The zero-order valence-corrected chi connectivity index (χ0v) is 63.4. The van der Waals surface area contributed by atoms with Gasteiger partial charge in [0.05, 0.1) is 26.4 Å². The van der Waals surface area contributed by atoms with Crippen molar-refractivity contribution in [1.82, 2.24) is 0 Å². The van der Waals surface area contributed by atoms with Crippen molar-refractivity contribution in [3.8, 4) is 0 Å². The van der Waals surface area contributed by atoms with Gasteiger partial charge in [-0.3, -0.25) is 37.3 Å². The van der Waals surface area contributed by atoms with Crippen LogP contribution in [-0.2, 0) is 65.4 Å². The molecule has 0 radical (unpaired) electrons. The molecular formula is C75H146O17P2. The standard InChI is InChI=1S/C75H146O17P2/c1-9-68(8)54-46-38-29-22-18-16-14-12-10-11-13-15-17-19-23-31-41-49-57-74(79)91-70(61-85-72(77)55-47-39-30-26-25-28-36-44-52-66(4)5)63-89-93(81,82)87-59-69(76)60-88-94(83,84)90-64-71(62-86-73(78)56-48-40-34-33-37-45-53-67(6)7)92-75(80)58-50-42-32-24-20-21-27-35-43-51-65(2)3/h65-71,76H,9-64H2,1-8H3,(H,81,82)(H,83,84)/t68?,69-,70-,71-/m1/s1. The van der Waals surface area contributed by atoms with Crippen LogP contribution in [0.15, 0.2) is 0 Å². The second kappa shape index (κ2) is 64.4. The molecule has 0 aliphatic heterocycles. The summed E-state index contributed by atoms with van der Waals surface area (Å²) in [6.07, 6.45) is 48.9. The Labute approximate surface area is 575 Å². The summed E-state index contributed by atoms with van der Waals surface area (Å²) < 4.78 is 68.4. The van der Waals surface area contributed by atoms with Crippen LogP contribution in [0.4, 0.5) is 0 Å². The highest BCUT2D eigenvalue weighted by molar-refractivity contribution is 7.47. The smallest absolute Gasteiger partial charge is 0.462 e. The van der Waals surface area contributed by atoms with E-state index in [1.165, 1.54) is 173 Å². The molecule has 0 aromatic heterocycles. The van der Waals surface area contributed by atoms with Gasteiger partial charge in [0.2, 0.25) is 0 Å². The lowest BCUT2D eigenvalue weighted by atomic mass is 9.99. The number of unbranched alkanes of at least 4 members (excludes halogenated alkanes) is 37. The summed E-state index contributed by atoms with van der Waals surface area (Å²) >= 11 is 0. The van der Waals surface area contributed by atoms with Crippen molar-refractivity contribution < 1.29 is 80.2 Å². The summed E-state index contributed by atoms with van der Waals surface area (Å²) in [6, 6.07) is 0. The van der Waals surface area contributed by atoms with Gasteiger partial charge in [-0.25, -0.2) is 9.13 Å².